The molecule has 3 aliphatic heterocycles. The number of nitrogens with zero attached hydrogens (tertiary/aromatic N) is 4. The van der Waals surface area contributed by atoms with Crippen molar-refractivity contribution in [2.75, 3.05) is 85.2 Å². The molecule has 2 bridgehead atoms. The highest BCUT2D eigenvalue weighted by Gasteiger charge is 2.47. The smallest absolute Gasteiger partial charge is 0.303 e. The van der Waals surface area contributed by atoms with Gasteiger partial charge in [0.2, 0.25) is 5.91 Å². The van der Waals surface area contributed by atoms with Crippen LogP contribution in [0.1, 0.15) is 62.1 Å². The molecule has 0 radical (unpaired) electrons. The van der Waals surface area contributed by atoms with Gasteiger partial charge in [-0.05, 0) is 98.2 Å². The van der Waals surface area contributed by atoms with Crippen LogP contribution in [0.2, 0.25) is 5.02 Å². The molecule has 0 aromatic heterocycles. The SMILES string of the molecule is C[C@@H]1COCCN1CCO[C@H]1/C=C/CCN(C)C(=O)C[C@](O)(C(=O)NS(=O)(=O)N(C)C)c2ccc3c(c2)N(C[C@@H]2CC[C@H]21)C[C@@]1(CCCc2cc(Cl)ccc21)CO3. The molecule has 3 heterocycles. The minimum atomic E-state index is -4.30. The Bertz CT molecular complexity index is 1950. The largest absolute Gasteiger partial charge is 0.490 e. The summed E-state index contributed by atoms with van der Waals surface area (Å²) in [6, 6.07) is 11.5. The fourth-order valence-corrected chi connectivity index (χ4v) is 9.99. The molecule has 5 aliphatic rings. The Morgan fingerprint density at radius 2 is 1.98 bits per heavy atom. The van der Waals surface area contributed by atoms with Crippen molar-refractivity contribution in [2.24, 2.45) is 11.8 Å². The monoisotopic (exact) mass is 827 g/mol. The first-order valence-corrected chi connectivity index (χ1v) is 22.1. The second-order valence-electron chi connectivity index (χ2n) is 16.9. The van der Waals surface area contributed by atoms with E-state index >= 15 is 0 Å². The molecule has 7 rings (SSSR count). The van der Waals surface area contributed by atoms with Gasteiger partial charge in [0.15, 0.2) is 5.60 Å². The summed E-state index contributed by atoms with van der Waals surface area (Å²) in [5, 5.41) is 13.1. The van der Waals surface area contributed by atoms with Crippen LogP contribution in [0.4, 0.5) is 5.69 Å². The van der Waals surface area contributed by atoms with E-state index in [-0.39, 0.29) is 28.9 Å². The van der Waals surface area contributed by atoms with Crippen LogP contribution in [-0.4, -0.2) is 132 Å². The number of aryl methyl sites for hydroxylation is 1. The molecule has 6 atom stereocenters. The number of fused-ring (bicyclic) bond motifs is 4. The summed E-state index contributed by atoms with van der Waals surface area (Å²) < 4.78 is 47.8. The minimum absolute atomic E-state index is 0.102. The van der Waals surface area contributed by atoms with E-state index in [1.165, 1.54) is 30.1 Å². The van der Waals surface area contributed by atoms with E-state index in [0.29, 0.717) is 61.8 Å². The third kappa shape index (κ3) is 8.88. The number of carbonyl (C=O) groups is 2. The van der Waals surface area contributed by atoms with Gasteiger partial charge in [0.1, 0.15) is 5.75 Å². The second-order valence-corrected chi connectivity index (χ2v) is 19.2. The Morgan fingerprint density at radius 1 is 1.16 bits per heavy atom. The highest BCUT2D eigenvalue weighted by molar-refractivity contribution is 7.87. The summed E-state index contributed by atoms with van der Waals surface area (Å²) in [5.41, 5.74) is 0.322. The normalized spacial score (nSPS) is 30.5. The summed E-state index contributed by atoms with van der Waals surface area (Å²) >= 11 is 6.50. The lowest BCUT2D eigenvalue weighted by Crippen LogP contribution is -2.52. The molecule has 312 valence electrons. The molecule has 2 aromatic rings. The molecule has 0 unspecified atom stereocenters. The van der Waals surface area contributed by atoms with Gasteiger partial charge in [0, 0.05) is 70.3 Å². The molecule has 1 saturated heterocycles. The zero-order valence-corrected chi connectivity index (χ0v) is 35.2. The summed E-state index contributed by atoms with van der Waals surface area (Å²) in [5.74, 6) is -0.611. The fraction of sp³-hybridized carbons (Fsp3) is 0.619. The molecule has 2 fully saturated rings. The van der Waals surface area contributed by atoms with E-state index in [4.69, 9.17) is 25.8 Å². The summed E-state index contributed by atoms with van der Waals surface area (Å²) in [6.45, 7) is 7.96. The zero-order valence-electron chi connectivity index (χ0n) is 33.6. The number of hydrogen-bond acceptors (Lipinski definition) is 10. The van der Waals surface area contributed by atoms with Gasteiger partial charge in [-0.1, -0.05) is 35.9 Å². The van der Waals surface area contributed by atoms with Crippen molar-refractivity contribution in [3.63, 3.8) is 0 Å². The topological polar surface area (TPSA) is 141 Å². The first kappa shape index (κ1) is 41.9. The van der Waals surface area contributed by atoms with Crippen LogP contribution in [-0.2, 0) is 46.7 Å². The predicted molar refractivity (Wildman–Crippen MR) is 219 cm³/mol. The minimum Gasteiger partial charge on any atom is -0.490 e. The van der Waals surface area contributed by atoms with Crippen LogP contribution in [0.5, 0.6) is 5.75 Å². The number of benzene rings is 2. The molecule has 15 heteroatoms. The number of aliphatic hydroxyl groups is 1. The maximum Gasteiger partial charge on any atom is 0.303 e. The number of amides is 2. The lowest BCUT2D eigenvalue weighted by molar-refractivity contribution is -0.148. The highest BCUT2D eigenvalue weighted by atomic mass is 35.5. The van der Waals surface area contributed by atoms with Gasteiger partial charge in [-0.3, -0.25) is 14.5 Å². The standard InChI is InChI=1S/C42H58ClN5O8S/c1-29-26-54-20-18-47(29)19-21-55-37-9-5-6-17-46(4)39(49)24-42(51,40(50)44-57(52,53)45(2)3)32-11-15-38-36(23-32)48(25-31-10-13-34(31)37)27-41(28-56-38)16-7-8-30-22-33(43)12-14-35(30)41/h5,9,11-12,14-15,22-23,29,31,34,37,51H,6-8,10,13,16-21,24-28H2,1-4H3,(H,44,50)/b9-5+/t29-,31+,34-,37+,41+,42-/m1/s1. The van der Waals surface area contributed by atoms with Crippen LogP contribution in [0.3, 0.4) is 0 Å². The van der Waals surface area contributed by atoms with Crippen LogP contribution >= 0.6 is 11.6 Å². The van der Waals surface area contributed by atoms with Gasteiger partial charge in [0.25, 0.3) is 5.91 Å². The number of anilines is 1. The van der Waals surface area contributed by atoms with Gasteiger partial charge in [0.05, 0.1) is 44.6 Å². The van der Waals surface area contributed by atoms with Gasteiger partial charge in [-0.2, -0.15) is 12.7 Å². The molecular formula is C42H58ClN5O8S. The Balaban J connectivity index is 1.28. The molecular weight excluding hydrogens is 770 g/mol. The molecule has 1 spiro atoms. The summed E-state index contributed by atoms with van der Waals surface area (Å²) in [6.07, 6.45) is 8.79. The number of carbonyl (C=O) groups excluding carboxylic acids is 2. The zero-order chi connectivity index (χ0) is 40.5. The van der Waals surface area contributed by atoms with E-state index in [2.05, 4.69) is 41.0 Å². The molecule has 2 aliphatic carbocycles. The van der Waals surface area contributed by atoms with Gasteiger partial charge >= 0.3 is 10.2 Å². The number of nitrogens with one attached hydrogen (secondary N) is 1. The summed E-state index contributed by atoms with van der Waals surface area (Å²) in [7, 11) is -0.116. The van der Waals surface area contributed by atoms with E-state index in [9.17, 15) is 23.1 Å². The van der Waals surface area contributed by atoms with Crippen LogP contribution in [0.15, 0.2) is 48.6 Å². The van der Waals surface area contributed by atoms with Crippen molar-refractivity contribution >= 4 is 39.3 Å². The van der Waals surface area contributed by atoms with Crippen molar-refractivity contribution in [2.45, 2.75) is 75.0 Å². The second kappa shape index (κ2) is 17.2. The number of ether oxygens (including phenoxy) is 3. The Hall–Kier alpha value is -3.24. The quantitative estimate of drug-likeness (QED) is 0.396. The number of hydrogen-bond donors (Lipinski definition) is 2. The van der Waals surface area contributed by atoms with E-state index in [1.54, 1.807) is 25.2 Å². The number of rotatable bonds is 7. The highest BCUT2D eigenvalue weighted by Crippen LogP contribution is 2.48. The maximum absolute atomic E-state index is 14.0. The summed E-state index contributed by atoms with van der Waals surface area (Å²) in [4.78, 5) is 34.0. The lowest BCUT2D eigenvalue weighted by Gasteiger charge is -2.46. The van der Waals surface area contributed by atoms with E-state index in [1.807, 2.05) is 10.8 Å². The average Bonchev–Trinajstić information content (AvgIpc) is 3.31. The fourth-order valence-electron chi connectivity index (χ4n) is 9.21. The van der Waals surface area contributed by atoms with E-state index < -0.39 is 34.0 Å². The van der Waals surface area contributed by atoms with Crippen molar-refractivity contribution in [1.29, 1.82) is 0 Å². The Labute approximate surface area is 342 Å². The molecule has 1 saturated carbocycles. The van der Waals surface area contributed by atoms with Gasteiger partial charge in [-0.25, -0.2) is 4.72 Å². The predicted octanol–water partition coefficient (Wildman–Crippen LogP) is 3.86. The third-order valence-corrected chi connectivity index (χ3v) is 14.6. The van der Waals surface area contributed by atoms with Gasteiger partial charge < -0.3 is 29.1 Å². The van der Waals surface area contributed by atoms with Crippen molar-refractivity contribution in [1.82, 2.24) is 18.8 Å². The number of halogens is 1. The molecule has 2 N–H and O–H groups in total. The maximum atomic E-state index is 14.0. The first-order chi connectivity index (χ1) is 27.2. The van der Waals surface area contributed by atoms with Crippen LogP contribution in [0, 0.1) is 11.8 Å². The molecule has 57 heavy (non-hydrogen) atoms. The van der Waals surface area contributed by atoms with Crippen molar-refractivity contribution in [3.05, 3.63) is 70.3 Å². The first-order valence-electron chi connectivity index (χ1n) is 20.3. The molecule has 2 amide bonds. The third-order valence-electron chi connectivity index (χ3n) is 12.9. The van der Waals surface area contributed by atoms with Crippen molar-refractivity contribution in [3.8, 4) is 5.75 Å². The Kier molecular flexibility index (Phi) is 12.6. The lowest BCUT2D eigenvalue weighted by atomic mass is 9.68. The number of morpholine rings is 1. The molecule has 2 aromatic carbocycles. The van der Waals surface area contributed by atoms with Crippen LogP contribution in [0.25, 0.3) is 0 Å². The average molecular weight is 828 g/mol. The Morgan fingerprint density at radius 3 is 2.74 bits per heavy atom. The van der Waals surface area contributed by atoms with E-state index in [0.717, 1.165) is 62.7 Å². The van der Waals surface area contributed by atoms with Gasteiger partial charge in [-0.15, -0.1) is 0 Å². The van der Waals surface area contributed by atoms with Crippen molar-refractivity contribution < 1.29 is 37.3 Å². The molecule has 13 nitrogen and oxygen atoms in total. The van der Waals surface area contributed by atoms with Crippen LogP contribution < -0.4 is 14.4 Å².